The standard InChI is InChI=1S/C45H26N4O2/c1-2-10-27(11-3-1)43-46-44(48-45(47-43)49-37-15-7-4-12-31(37)32-13-5-8-16-38(32)49)30-20-23-41-36(25-30)35-24-28(19-22-40(35)50-41)29-18-21-34-33-14-6-9-17-39(33)51-42(34)26-29/h1-26H. The van der Waals surface area contributed by atoms with Gasteiger partial charge in [-0.05, 0) is 71.8 Å². The number of para-hydroxylation sites is 3. The van der Waals surface area contributed by atoms with Gasteiger partial charge in [0.2, 0.25) is 5.95 Å². The van der Waals surface area contributed by atoms with Gasteiger partial charge in [-0.1, -0.05) is 97.1 Å². The molecule has 51 heavy (non-hydrogen) atoms. The van der Waals surface area contributed by atoms with Crippen LogP contribution >= 0.6 is 0 Å². The molecule has 11 rings (SSSR count). The van der Waals surface area contributed by atoms with Crippen molar-refractivity contribution in [3.8, 4) is 39.9 Å². The molecule has 0 aliphatic rings. The Bertz CT molecular complexity index is 3100. The van der Waals surface area contributed by atoms with Gasteiger partial charge in [0, 0.05) is 43.4 Å². The van der Waals surface area contributed by atoms with Gasteiger partial charge in [-0.2, -0.15) is 9.97 Å². The number of rotatable bonds is 4. The van der Waals surface area contributed by atoms with Crippen molar-refractivity contribution in [2.75, 3.05) is 0 Å². The van der Waals surface area contributed by atoms with Crippen LogP contribution in [0.2, 0.25) is 0 Å². The van der Waals surface area contributed by atoms with E-state index in [1.54, 1.807) is 0 Å². The SMILES string of the molecule is c1ccc(-c2nc(-c3ccc4oc5ccc(-c6ccc7c(c6)oc6ccccc67)cc5c4c3)nc(-n3c4ccccc4c4ccccc43)n2)cc1. The summed E-state index contributed by atoms with van der Waals surface area (Å²) in [6, 6.07) is 54.0. The highest BCUT2D eigenvalue weighted by Crippen LogP contribution is 2.38. The third-order valence-electron chi connectivity index (χ3n) is 9.88. The molecule has 0 saturated heterocycles. The fraction of sp³-hybridized carbons (Fsp3) is 0. The summed E-state index contributed by atoms with van der Waals surface area (Å²) in [5, 5.41) is 6.55. The van der Waals surface area contributed by atoms with Gasteiger partial charge in [0.25, 0.3) is 0 Å². The quantitative estimate of drug-likeness (QED) is 0.189. The van der Waals surface area contributed by atoms with Gasteiger partial charge in [-0.15, -0.1) is 0 Å². The summed E-state index contributed by atoms with van der Waals surface area (Å²) in [4.78, 5) is 15.3. The van der Waals surface area contributed by atoms with Crippen LogP contribution in [-0.2, 0) is 0 Å². The Balaban J connectivity index is 1.09. The van der Waals surface area contributed by atoms with E-state index in [9.17, 15) is 0 Å². The number of aromatic nitrogens is 4. The van der Waals surface area contributed by atoms with Crippen molar-refractivity contribution >= 4 is 65.7 Å². The van der Waals surface area contributed by atoms with Crippen molar-refractivity contribution in [1.29, 1.82) is 0 Å². The molecule has 7 aromatic carbocycles. The summed E-state index contributed by atoms with van der Waals surface area (Å²) in [5.74, 6) is 1.76. The van der Waals surface area contributed by atoms with E-state index in [1.807, 2.05) is 66.7 Å². The van der Waals surface area contributed by atoms with Gasteiger partial charge in [-0.25, -0.2) is 4.98 Å². The number of fused-ring (bicyclic) bond motifs is 9. The lowest BCUT2D eigenvalue weighted by molar-refractivity contribution is 0.669. The zero-order valence-electron chi connectivity index (χ0n) is 27.1. The van der Waals surface area contributed by atoms with E-state index in [0.29, 0.717) is 17.6 Å². The molecular weight excluding hydrogens is 629 g/mol. The number of furan rings is 2. The fourth-order valence-electron chi connectivity index (χ4n) is 7.45. The lowest BCUT2D eigenvalue weighted by Crippen LogP contribution is -2.06. The summed E-state index contributed by atoms with van der Waals surface area (Å²) in [6.07, 6.45) is 0. The molecule has 0 radical (unpaired) electrons. The maximum Gasteiger partial charge on any atom is 0.238 e. The van der Waals surface area contributed by atoms with Crippen LogP contribution in [0.25, 0.3) is 106 Å². The molecule has 0 N–H and O–H groups in total. The molecule has 0 bridgehead atoms. The van der Waals surface area contributed by atoms with E-state index >= 15 is 0 Å². The predicted octanol–water partition coefficient (Wildman–Crippen LogP) is 11.8. The fourth-order valence-corrected chi connectivity index (χ4v) is 7.45. The Morgan fingerprint density at radius 2 is 0.843 bits per heavy atom. The first kappa shape index (κ1) is 27.9. The first-order valence-corrected chi connectivity index (χ1v) is 16.9. The van der Waals surface area contributed by atoms with Crippen molar-refractivity contribution in [2.24, 2.45) is 0 Å². The Morgan fingerprint density at radius 1 is 0.333 bits per heavy atom. The Hall–Kier alpha value is -7.05. The topological polar surface area (TPSA) is 69.9 Å². The highest BCUT2D eigenvalue weighted by molar-refractivity contribution is 6.10. The smallest absolute Gasteiger partial charge is 0.238 e. The van der Waals surface area contributed by atoms with E-state index in [2.05, 4.69) is 95.6 Å². The molecule has 0 unspecified atom stereocenters. The van der Waals surface area contributed by atoms with Crippen molar-refractivity contribution in [2.45, 2.75) is 0 Å². The highest BCUT2D eigenvalue weighted by atomic mass is 16.3. The normalized spacial score (nSPS) is 11.9. The van der Waals surface area contributed by atoms with Crippen LogP contribution in [0.3, 0.4) is 0 Å². The van der Waals surface area contributed by atoms with Crippen molar-refractivity contribution in [1.82, 2.24) is 19.5 Å². The van der Waals surface area contributed by atoms with E-state index in [0.717, 1.165) is 87.9 Å². The minimum Gasteiger partial charge on any atom is -0.456 e. The molecular formula is C45H26N4O2. The van der Waals surface area contributed by atoms with Gasteiger partial charge >= 0.3 is 0 Å². The lowest BCUT2D eigenvalue weighted by atomic mass is 10.0. The molecule has 0 aliphatic heterocycles. The van der Waals surface area contributed by atoms with Crippen molar-refractivity contribution in [3.63, 3.8) is 0 Å². The van der Waals surface area contributed by atoms with Crippen LogP contribution in [0.15, 0.2) is 167 Å². The lowest BCUT2D eigenvalue weighted by Gasteiger charge is -2.11. The van der Waals surface area contributed by atoms with Gasteiger partial charge in [-0.3, -0.25) is 4.57 Å². The second-order valence-electron chi connectivity index (χ2n) is 12.9. The van der Waals surface area contributed by atoms with E-state index in [-0.39, 0.29) is 0 Å². The third kappa shape index (κ3) is 4.33. The Labute approximate surface area is 290 Å². The maximum atomic E-state index is 6.34. The predicted molar refractivity (Wildman–Crippen MR) is 205 cm³/mol. The Morgan fingerprint density at radius 3 is 1.59 bits per heavy atom. The monoisotopic (exact) mass is 654 g/mol. The average Bonchev–Trinajstić information content (AvgIpc) is 3.86. The average molecular weight is 655 g/mol. The van der Waals surface area contributed by atoms with Crippen LogP contribution in [0.1, 0.15) is 0 Å². The number of hydrogen-bond donors (Lipinski definition) is 0. The van der Waals surface area contributed by atoms with Crippen LogP contribution in [0.5, 0.6) is 0 Å². The van der Waals surface area contributed by atoms with Crippen molar-refractivity contribution < 1.29 is 8.83 Å². The third-order valence-corrected chi connectivity index (χ3v) is 9.88. The van der Waals surface area contributed by atoms with Crippen LogP contribution in [0.4, 0.5) is 0 Å². The minimum absolute atomic E-state index is 0.566. The first-order chi connectivity index (χ1) is 25.2. The van der Waals surface area contributed by atoms with E-state index in [4.69, 9.17) is 23.8 Å². The summed E-state index contributed by atoms with van der Waals surface area (Å²) < 4.78 is 14.7. The molecule has 0 spiro atoms. The molecule has 238 valence electrons. The zero-order valence-corrected chi connectivity index (χ0v) is 27.1. The maximum absolute atomic E-state index is 6.34. The molecule has 0 aliphatic carbocycles. The number of benzene rings is 7. The van der Waals surface area contributed by atoms with Crippen LogP contribution in [-0.4, -0.2) is 19.5 Å². The first-order valence-electron chi connectivity index (χ1n) is 16.9. The zero-order chi connectivity index (χ0) is 33.5. The van der Waals surface area contributed by atoms with Crippen LogP contribution < -0.4 is 0 Å². The molecule has 0 fully saturated rings. The molecule has 6 nitrogen and oxygen atoms in total. The van der Waals surface area contributed by atoms with E-state index in [1.165, 1.54) is 0 Å². The van der Waals surface area contributed by atoms with Gasteiger partial charge in [0.1, 0.15) is 22.3 Å². The molecule has 4 aromatic heterocycles. The highest BCUT2D eigenvalue weighted by Gasteiger charge is 2.19. The Kier molecular flexibility index (Phi) is 5.86. The summed E-state index contributed by atoms with van der Waals surface area (Å²) in [5.41, 5.74) is 9.43. The summed E-state index contributed by atoms with van der Waals surface area (Å²) >= 11 is 0. The summed E-state index contributed by atoms with van der Waals surface area (Å²) in [7, 11) is 0. The molecule has 0 atom stereocenters. The summed E-state index contributed by atoms with van der Waals surface area (Å²) in [6.45, 7) is 0. The van der Waals surface area contributed by atoms with Crippen LogP contribution in [0, 0.1) is 0 Å². The van der Waals surface area contributed by atoms with Gasteiger partial charge in [0.15, 0.2) is 11.6 Å². The molecule has 4 heterocycles. The number of hydrogen-bond acceptors (Lipinski definition) is 5. The molecule has 6 heteroatoms. The minimum atomic E-state index is 0.566. The van der Waals surface area contributed by atoms with E-state index < -0.39 is 0 Å². The second kappa shape index (κ2) is 10.7. The largest absolute Gasteiger partial charge is 0.456 e. The molecule has 11 aromatic rings. The second-order valence-corrected chi connectivity index (χ2v) is 12.9. The molecule has 0 amide bonds. The van der Waals surface area contributed by atoms with Crippen molar-refractivity contribution in [3.05, 3.63) is 158 Å². The number of nitrogens with zero attached hydrogens (tertiary/aromatic N) is 4. The van der Waals surface area contributed by atoms with Gasteiger partial charge < -0.3 is 8.83 Å². The van der Waals surface area contributed by atoms with Gasteiger partial charge in [0.05, 0.1) is 11.0 Å². The molecule has 0 saturated carbocycles.